The third kappa shape index (κ3) is 6.57. The lowest BCUT2D eigenvalue weighted by Gasteiger charge is -2.41. The molecule has 1 aromatic carbocycles. The van der Waals surface area contributed by atoms with Gasteiger partial charge in [-0.2, -0.15) is 0 Å². The molecule has 0 amide bonds. The first kappa shape index (κ1) is 28.4. The van der Waals surface area contributed by atoms with Gasteiger partial charge in [-0.1, -0.05) is 12.1 Å². The van der Waals surface area contributed by atoms with Crippen LogP contribution in [0.2, 0.25) is 0 Å². The number of hydrogen-bond acceptors (Lipinski definition) is 12. The van der Waals surface area contributed by atoms with Crippen molar-refractivity contribution in [3.63, 3.8) is 0 Å². The SMILES string of the molecule is CC=C1[C@@H](O[C@H]2O[C@H](CO)[C@@H](O)[C@H](O)[C@H]2O)OC=C(C(=O)O)[C@H]1CC(=O)OCCc1ccc(O)c(O)c1. The van der Waals surface area contributed by atoms with E-state index in [9.17, 15) is 45.3 Å². The molecule has 0 saturated carbocycles. The van der Waals surface area contributed by atoms with Gasteiger partial charge in [0.25, 0.3) is 0 Å². The molecule has 3 rings (SSSR count). The van der Waals surface area contributed by atoms with E-state index < -0.39 is 67.9 Å². The largest absolute Gasteiger partial charge is 0.504 e. The second-order valence-corrected chi connectivity index (χ2v) is 8.52. The van der Waals surface area contributed by atoms with Gasteiger partial charge < -0.3 is 54.7 Å². The Morgan fingerprint density at radius 2 is 1.81 bits per heavy atom. The van der Waals surface area contributed by atoms with Crippen LogP contribution in [0.15, 0.2) is 41.7 Å². The van der Waals surface area contributed by atoms with Gasteiger partial charge in [0.15, 0.2) is 17.8 Å². The lowest BCUT2D eigenvalue weighted by atomic mass is 9.86. The van der Waals surface area contributed by atoms with Crippen LogP contribution in [-0.2, 0) is 35.0 Å². The van der Waals surface area contributed by atoms with Gasteiger partial charge in [0, 0.05) is 17.9 Å². The molecule has 37 heavy (non-hydrogen) atoms. The van der Waals surface area contributed by atoms with E-state index in [2.05, 4.69) is 0 Å². The normalized spacial score (nSPS) is 30.9. The van der Waals surface area contributed by atoms with Gasteiger partial charge in [-0.15, -0.1) is 0 Å². The number of aliphatic carboxylic acids is 1. The van der Waals surface area contributed by atoms with Gasteiger partial charge in [0.2, 0.25) is 6.29 Å². The van der Waals surface area contributed by atoms with Crippen molar-refractivity contribution in [3.8, 4) is 11.5 Å². The number of phenols is 2. The van der Waals surface area contributed by atoms with Crippen LogP contribution in [0.4, 0.5) is 0 Å². The highest BCUT2D eigenvalue weighted by Gasteiger charge is 2.46. The molecule has 2 aliphatic rings. The van der Waals surface area contributed by atoms with Crippen LogP contribution in [0.25, 0.3) is 0 Å². The summed E-state index contributed by atoms with van der Waals surface area (Å²) in [4.78, 5) is 24.4. The van der Waals surface area contributed by atoms with Crippen LogP contribution in [0.1, 0.15) is 18.9 Å². The zero-order valence-electron chi connectivity index (χ0n) is 19.8. The van der Waals surface area contributed by atoms with E-state index in [0.717, 1.165) is 6.26 Å². The zero-order valence-corrected chi connectivity index (χ0v) is 19.8. The quantitative estimate of drug-likeness (QED) is 0.120. The Morgan fingerprint density at radius 3 is 2.43 bits per heavy atom. The molecule has 0 aliphatic carbocycles. The first-order chi connectivity index (χ1) is 17.6. The number of carbonyl (C=O) groups excluding carboxylic acids is 1. The molecule has 1 fully saturated rings. The van der Waals surface area contributed by atoms with Crippen LogP contribution in [0.3, 0.4) is 0 Å². The smallest absolute Gasteiger partial charge is 0.335 e. The van der Waals surface area contributed by atoms with Gasteiger partial charge in [-0.05, 0) is 24.6 Å². The molecule has 7 N–H and O–H groups in total. The van der Waals surface area contributed by atoms with Crippen LogP contribution in [0, 0.1) is 5.92 Å². The standard InChI is InChI=1S/C24H30O13/c1-2-12-13(8-18(28)34-6-5-11-3-4-15(26)16(27)7-11)14(22(32)33)10-35-23(12)37-24-21(31)20(30)19(29)17(9-25)36-24/h2-4,7,10,13,17,19-21,23-27,29-31H,5-6,8-9H2,1H3,(H,32,33)/t13-,17+,19+,20-,21+,23+,24+/m0/s1. The molecule has 13 nitrogen and oxygen atoms in total. The molecule has 0 unspecified atom stereocenters. The summed E-state index contributed by atoms with van der Waals surface area (Å²) in [6, 6.07) is 4.17. The maximum atomic E-state index is 12.6. The maximum absolute atomic E-state index is 12.6. The Labute approximate surface area is 211 Å². The lowest BCUT2D eigenvalue weighted by molar-refractivity contribution is -0.327. The first-order valence-corrected chi connectivity index (χ1v) is 11.4. The molecule has 0 spiro atoms. The van der Waals surface area contributed by atoms with E-state index in [1.807, 2.05) is 0 Å². The van der Waals surface area contributed by atoms with Crippen molar-refractivity contribution in [3.05, 3.63) is 47.2 Å². The summed E-state index contributed by atoms with van der Waals surface area (Å²) in [7, 11) is 0. The average molecular weight is 526 g/mol. The Kier molecular flexibility index (Phi) is 9.48. The number of phenolic OH excluding ortho intramolecular Hbond substituents is 2. The summed E-state index contributed by atoms with van der Waals surface area (Å²) in [6.45, 7) is 0.811. The number of hydrogen-bond donors (Lipinski definition) is 7. The number of carboxylic acid groups (broad SMARTS) is 1. The third-order valence-corrected chi connectivity index (χ3v) is 6.12. The molecule has 1 saturated heterocycles. The number of benzene rings is 1. The topological polar surface area (TPSA) is 213 Å². The van der Waals surface area contributed by atoms with E-state index in [0.29, 0.717) is 5.56 Å². The highest BCUT2D eigenvalue weighted by Crippen LogP contribution is 2.36. The average Bonchev–Trinajstić information content (AvgIpc) is 2.86. The fourth-order valence-corrected chi connectivity index (χ4v) is 4.05. The molecule has 13 heteroatoms. The highest BCUT2D eigenvalue weighted by molar-refractivity contribution is 5.89. The van der Waals surface area contributed by atoms with E-state index in [1.165, 1.54) is 18.2 Å². The fraction of sp³-hybridized carbons (Fsp3) is 0.500. The van der Waals surface area contributed by atoms with Gasteiger partial charge >= 0.3 is 11.9 Å². The minimum Gasteiger partial charge on any atom is -0.504 e. The second kappa shape index (κ2) is 12.4. The molecule has 2 heterocycles. The van der Waals surface area contributed by atoms with E-state index >= 15 is 0 Å². The van der Waals surface area contributed by atoms with Crippen molar-refractivity contribution < 1.29 is 64.3 Å². The molecular formula is C24H30O13. The van der Waals surface area contributed by atoms with Crippen LogP contribution >= 0.6 is 0 Å². The predicted molar refractivity (Wildman–Crippen MR) is 122 cm³/mol. The van der Waals surface area contributed by atoms with Crippen molar-refractivity contribution >= 4 is 11.9 Å². The Bertz CT molecular complexity index is 1030. The summed E-state index contributed by atoms with van der Waals surface area (Å²) >= 11 is 0. The Balaban J connectivity index is 1.68. The number of esters is 1. The fourth-order valence-electron chi connectivity index (χ4n) is 4.05. The molecule has 7 atom stereocenters. The van der Waals surface area contributed by atoms with E-state index in [-0.39, 0.29) is 35.7 Å². The summed E-state index contributed by atoms with van der Waals surface area (Å²) in [5.41, 5.74) is 0.557. The summed E-state index contributed by atoms with van der Waals surface area (Å²) < 4.78 is 21.6. The summed E-state index contributed by atoms with van der Waals surface area (Å²) in [6.07, 6.45) is -6.90. The zero-order chi connectivity index (χ0) is 27.3. The maximum Gasteiger partial charge on any atom is 0.335 e. The first-order valence-electron chi connectivity index (χ1n) is 11.4. The second-order valence-electron chi connectivity index (χ2n) is 8.52. The molecule has 0 radical (unpaired) electrons. The highest BCUT2D eigenvalue weighted by atomic mass is 16.8. The van der Waals surface area contributed by atoms with Gasteiger partial charge in [-0.25, -0.2) is 4.79 Å². The molecule has 0 aromatic heterocycles. The van der Waals surface area contributed by atoms with Crippen LogP contribution < -0.4 is 0 Å². The summed E-state index contributed by atoms with van der Waals surface area (Å²) in [5, 5.41) is 68.1. The van der Waals surface area contributed by atoms with E-state index in [1.54, 1.807) is 13.0 Å². The molecule has 1 aromatic rings. The van der Waals surface area contributed by atoms with Gasteiger partial charge in [0.1, 0.15) is 24.4 Å². The van der Waals surface area contributed by atoms with Crippen molar-refractivity contribution in [1.29, 1.82) is 0 Å². The number of carboxylic acids is 1. The van der Waals surface area contributed by atoms with Crippen molar-refractivity contribution in [2.75, 3.05) is 13.2 Å². The van der Waals surface area contributed by atoms with Crippen LogP contribution in [-0.4, -0.2) is 97.9 Å². The van der Waals surface area contributed by atoms with Crippen molar-refractivity contribution in [2.45, 2.75) is 56.8 Å². The minimum atomic E-state index is -1.72. The minimum absolute atomic E-state index is 0.0750. The number of carbonyl (C=O) groups is 2. The van der Waals surface area contributed by atoms with Crippen LogP contribution in [0.5, 0.6) is 11.5 Å². The van der Waals surface area contributed by atoms with Gasteiger partial charge in [-0.3, -0.25) is 4.79 Å². The number of aliphatic hydroxyl groups is 4. The molecule has 0 bridgehead atoms. The number of allylic oxidation sites excluding steroid dienone is 1. The number of ether oxygens (including phenoxy) is 4. The third-order valence-electron chi connectivity index (χ3n) is 6.12. The Morgan fingerprint density at radius 1 is 1.08 bits per heavy atom. The van der Waals surface area contributed by atoms with Crippen molar-refractivity contribution in [1.82, 2.24) is 0 Å². The monoisotopic (exact) mass is 526 g/mol. The molecular weight excluding hydrogens is 496 g/mol. The van der Waals surface area contributed by atoms with Crippen molar-refractivity contribution in [2.24, 2.45) is 5.92 Å². The lowest BCUT2D eigenvalue weighted by Crippen LogP contribution is -2.60. The predicted octanol–water partition coefficient (Wildman–Crippen LogP) is -0.723. The number of aliphatic hydroxyl groups excluding tert-OH is 4. The summed E-state index contributed by atoms with van der Waals surface area (Å²) in [5.74, 6) is -3.70. The molecule has 2 aliphatic heterocycles. The Hall–Kier alpha value is -3.20. The van der Waals surface area contributed by atoms with E-state index in [4.69, 9.17) is 18.9 Å². The van der Waals surface area contributed by atoms with Gasteiger partial charge in [0.05, 0.1) is 31.5 Å². The number of rotatable bonds is 9. The number of aromatic hydroxyl groups is 2. The molecule has 204 valence electrons.